The maximum atomic E-state index is 12.4. The fourth-order valence-corrected chi connectivity index (χ4v) is 2.50. The van der Waals surface area contributed by atoms with Gasteiger partial charge in [0, 0.05) is 0 Å². The Labute approximate surface area is 146 Å². The van der Waals surface area contributed by atoms with Crippen LogP contribution >= 0.6 is 0 Å². The molecule has 25 heavy (non-hydrogen) atoms. The van der Waals surface area contributed by atoms with Gasteiger partial charge in [0.1, 0.15) is 0 Å². The summed E-state index contributed by atoms with van der Waals surface area (Å²) in [6.07, 6.45) is 0.0384. The number of hydrogen-bond donors (Lipinski definition) is 1. The topological polar surface area (TPSA) is 81.7 Å². The van der Waals surface area contributed by atoms with Gasteiger partial charge in [-0.3, -0.25) is 4.79 Å². The van der Waals surface area contributed by atoms with Gasteiger partial charge in [0.2, 0.25) is 11.9 Å². The molecule has 0 unspecified atom stereocenters. The van der Waals surface area contributed by atoms with Gasteiger partial charge < -0.3 is 14.8 Å². The van der Waals surface area contributed by atoms with Crippen molar-refractivity contribution in [1.29, 1.82) is 0 Å². The predicted molar refractivity (Wildman–Crippen MR) is 92.8 cm³/mol. The van der Waals surface area contributed by atoms with E-state index in [-0.39, 0.29) is 19.6 Å². The van der Waals surface area contributed by atoms with Crippen LogP contribution in [-0.2, 0) is 30.3 Å². The van der Waals surface area contributed by atoms with Crippen molar-refractivity contribution in [2.75, 3.05) is 13.2 Å². The number of esters is 2. The molecule has 0 aliphatic carbocycles. The average molecular weight is 343 g/mol. The maximum absolute atomic E-state index is 12.4. The Morgan fingerprint density at radius 1 is 0.920 bits per heavy atom. The largest absolute Gasteiger partial charge is 0.464 e. The summed E-state index contributed by atoms with van der Waals surface area (Å²) in [6, 6.07) is 11.9. The quantitative estimate of drug-likeness (QED) is 0.614. The van der Waals surface area contributed by atoms with Crippen LogP contribution in [0.25, 0.3) is 10.8 Å². The molecule has 0 atom stereocenters. The minimum atomic E-state index is -1.46. The van der Waals surface area contributed by atoms with Crippen molar-refractivity contribution in [3.63, 3.8) is 0 Å². The van der Waals surface area contributed by atoms with Gasteiger partial charge in [-0.2, -0.15) is 0 Å². The SMILES string of the molecule is CCOC(=O)C(NC(=O)Cc1cccc2ccccc12)C(=O)OCC. The van der Waals surface area contributed by atoms with Gasteiger partial charge in [-0.25, -0.2) is 9.59 Å². The molecule has 0 bridgehead atoms. The van der Waals surface area contributed by atoms with Gasteiger partial charge in [-0.15, -0.1) is 0 Å². The van der Waals surface area contributed by atoms with E-state index in [1.54, 1.807) is 13.8 Å². The summed E-state index contributed by atoms with van der Waals surface area (Å²) in [5.74, 6) is -2.11. The van der Waals surface area contributed by atoms with E-state index in [4.69, 9.17) is 9.47 Å². The molecule has 1 N–H and O–H groups in total. The molecule has 0 spiro atoms. The minimum Gasteiger partial charge on any atom is -0.464 e. The third-order valence-corrected chi connectivity index (χ3v) is 3.58. The van der Waals surface area contributed by atoms with Crippen LogP contribution in [0.3, 0.4) is 0 Å². The molecule has 0 aliphatic heterocycles. The second-order valence-corrected chi connectivity index (χ2v) is 5.32. The number of fused-ring (bicyclic) bond motifs is 1. The van der Waals surface area contributed by atoms with Crippen LogP contribution in [-0.4, -0.2) is 37.1 Å². The lowest BCUT2D eigenvalue weighted by molar-refractivity contribution is -0.159. The molecule has 1 amide bonds. The Bertz CT molecular complexity index is 748. The zero-order valence-corrected chi connectivity index (χ0v) is 14.3. The van der Waals surface area contributed by atoms with E-state index < -0.39 is 23.9 Å². The molecule has 0 fully saturated rings. The second-order valence-electron chi connectivity index (χ2n) is 5.32. The molecule has 0 heterocycles. The third kappa shape index (κ3) is 4.79. The van der Waals surface area contributed by atoms with Crippen LogP contribution in [0.5, 0.6) is 0 Å². The highest BCUT2D eigenvalue weighted by Gasteiger charge is 2.31. The lowest BCUT2D eigenvalue weighted by Crippen LogP contribution is -2.48. The summed E-state index contributed by atoms with van der Waals surface area (Å²) >= 11 is 0. The van der Waals surface area contributed by atoms with Gasteiger partial charge >= 0.3 is 11.9 Å². The van der Waals surface area contributed by atoms with Crippen LogP contribution in [0, 0.1) is 0 Å². The van der Waals surface area contributed by atoms with E-state index in [1.165, 1.54) is 0 Å². The third-order valence-electron chi connectivity index (χ3n) is 3.58. The molecule has 132 valence electrons. The summed E-state index contributed by atoms with van der Waals surface area (Å²) in [5, 5.41) is 4.37. The highest BCUT2D eigenvalue weighted by molar-refractivity contribution is 6.03. The summed E-state index contributed by atoms with van der Waals surface area (Å²) in [5.41, 5.74) is 0.807. The van der Waals surface area contributed by atoms with E-state index in [0.717, 1.165) is 16.3 Å². The van der Waals surface area contributed by atoms with Crippen LogP contribution in [0.1, 0.15) is 19.4 Å². The van der Waals surface area contributed by atoms with E-state index in [0.29, 0.717) is 0 Å². The fourth-order valence-electron chi connectivity index (χ4n) is 2.50. The van der Waals surface area contributed by atoms with Crippen molar-refractivity contribution in [3.05, 3.63) is 48.0 Å². The number of nitrogens with one attached hydrogen (secondary N) is 1. The number of ether oxygens (including phenoxy) is 2. The molecule has 6 nitrogen and oxygen atoms in total. The molecule has 6 heteroatoms. The summed E-state index contributed by atoms with van der Waals surface area (Å²) in [7, 11) is 0. The van der Waals surface area contributed by atoms with Crippen molar-refractivity contribution in [2.24, 2.45) is 0 Å². The summed E-state index contributed by atoms with van der Waals surface area (Å²) < 4.78 is 9.68. The molecule has 0 saturated carbocycles. The Kier molecular flexibility index (Phi) is 6.51. The van der Waals surface area contributed by atoms with Crippen LogP contribution in [0.2, 0.25) is 0 Å². The zero-order valence-electron chi connectivity index (χ0n) is 14.3. The number of carbonyl (C=O) groups is 3. The first kappa shape index (κ1) is 18.4. The van der Waals surface area contributed by atoms with Crippen molar-refractivity contribution in [1.82, 2.24) is 5.32 Å². The van der Waals surface area contributed by atoms with Crippen molar-refractivity contribution in [3.8, 4) is 0 Å². The van der Waals surface area contributed by atoms with Gasteiger partial charge in [-0.05, 0) is 30.2 Å². The molecule has 0 saturated heterocycles. The number of carbonyl (C=O) groups excluding carboxylic acids is 3. The first-order valence-corrected chi connectivity index (χ1v) is 8.16. The van der Waals surface area contributed by atoms with E-state index in [9.17, 15) is 14.4 Å². The normalized spacial score (nSPS) is 10.5. The van der Waals surface area contributed by atoms with Gasteiger partial charge in [-0.1, -0.05) is 42.5 Å². The zero-order chi connectivity index (χ0) is 18.2. The lowest BCUT2D eigenvalue weighted by Gasteiger charge is -2.16. The molecular weight excluding hydrogens is 322 g/mol. The monoisotopic (exact) mass is 343 g/mol. The van der Waals surface area contributed by atoms with Gasteiger partial charge in [0.15, 0.2) is 0 Å². The standard InChI is InChI=1S/C19H21NO5/c1-3-24-18(22)17(19(23)25-4-2)20-16(21)12-14-10-7-9-13-8-5-6-11-15(13)14/h5-11,17H,3-4,12H2,1-2H3,(H,20,21). The maximum Gasteiger partial charge on any atom is 0.340 e. The van der Waals surface area contributed by atoms with Crippen molar-refractivity contribution >= 4 is 28.6 Å². The molecular formula is C19H21NO5. The summed E-state index contributed by atoms with van der Waals surface area (Å²) in [6.45, 7) is 3.46. The summed E-state index contributed by atoms with van der Waals surface area (Å²) in [4.78, 5) is 36.2. The van der Waals surface area contributed by atoms with E-state index in [2.05, 4.69) is 5.32 Å². The Balaban J connectivity index is 2.14. The number of hydrogen-bond acceptors (Lipinski definition) is 5. The highest BCUT2D eigenvalue weighted by atomic mass is 16.6. The average Bonchev–Trinajstić information content (AvgIpc) is 2.60. The Morgan fingerprint density at radius 3 is 2.16 bits per heavy atom. The molecule has 0 aliphatic rings. The first-order valence-electron chi connectivity index (χ1n) is 8.16. The number of amides is 1. The molecule has 2 rings (SSSR count). The van der Waals surface area contributed by atoms with E-state index >= 15 is 0 Å². The van der Waals surface area contributed by atoms with E-state index in [1.807, 2.05) is 42.5 Å². The Hall–Kier alpha value is -2.89. The van der Waals surface area contributed by atoms with Gasteiger partial charge in [0.05, 0.1) is 19.6 Å². The molecule has 2 aromatic carbocycles. The van der Waals surface area contributed by atoms with Crippen molar-refractivity contribution < 1.29 is 23.9 Å². The predicted octanol–water partition coefficient (Wildman–Crippen LogP) is 1.99. The van der Waals surface area contributed by atoms with Crippen molar-refractivity contribution in [2.45, 2.75) is 26.3 Å². The molecule has 0 aromatic heterocycles. The number of rotatable bonds is 7. The van der Waals surface area contributed by atoms with Crippen LogP contribution in [0.4, 0.5) is 0 Å². The number of benzene rings is 2. The smallest absolute Gasteiger partial charge is 0.340 e. The Morgan fingerprint density at radius 2 is 1.52 bits per heavy atom. The fraction of sp³-hybridized carbons (Fsp3) is 0.316. The molecule has 0 radical (unpaired) electrons. The highest BCUT2D eigenvalue weighted by Crippen LogP contribution is 2.18. The van der Waals surface area contributed by atoms with Gasteiger partial charge in [0.25, 0.3) is 0 Å². The minimum absolute atomic E-state index is 0.0384. The first-order chi connectivity index (χ1) is 12.1. The van der Waals surface area contributed by atoms with Crippen LogP contribution in [0.15, 0.2) is 42.5 Å². The second kappa shape index (κ2) is 8.82. The molecule has 2 aromatic rings. The van der Waals surface area contributed by atoms with Crippen LogP contribution < -0.4 is 5.32 Å². The lowest BCUT2D eigenvalue weighted by atomic mass is 10.0.